The van der Waals surface area contributed by atoms with Crippen molar-refractivity contribution < 1.29 is 9.53 Å². The number of methoxy groups -OCH3 is 1. The zero-order valence-corrected chi connectivity index (χ0v) is 16.7. The highest BCUT2D eigenvalue weighted by Crippen LogP contribution is 2.09. The van der Waals surface area contributed by atoms with E-state index in [0.29, 0.717) is 6.42 Å². The summed E-state index contributed by atoms with van der Waals surface area (Å²) in [6, 6.07) is 7.83. The summed E-state index contributed by atoms with van der Waals surface area (Å²) in [5.41, 5.74) is 1.23. The monoisotopic (exact) mass is 453 g/mol. The van der Waals surface area contributed by atoms with E-state index in [4.69, 9.17) is 11.6 Å². The third-order valence-corrected chi connectivity index (χ3v) is 3.42. The summed E-state index contributed by atoms with van der Waals surface area (Å²) in [7, 11) is 3.15. The highest BCUT2D eigenvalue weighted by atomic mass is 127. The first-order valence-electron chi connectivity index (χ1n) is 7.41. The van der Waals surface area contributed by atoms with E-state index in [-0.39, 0.29) is 29.9 Å². The number of aliphatic imine (C=N–C) groups is 1. The number of guanidine groups is 1. The van der Waals surface area contributed by atoms with Gasteiger partial charge in [0.1, 0.15) is 0 Å². The maximum Gasteiger partial charge on any atom is 0.305 e. The fourth-order valence-electron chi connectivity index (χ4n) is 1.90. The van der Waals surface area contributed by atoms with Crippen molar-refractivity contribution in [2.24, 2.45) is 4.99 Å². The van der Waals surface area contributed by atoms with Gasteiger partial charge >= 0.3 is 5.97 Å². The van der Waals surface area contributed by atoms with Crippen molar-refractivity contribution in [3.8, 4) is 0 Å². The number of nitrogens with one attached hydrogen (secondary N) is 2. The van der Waals surface area contributed by atoms with Crippen LogP contribution in [0.5, 0.6) is 0 Å². The molecule has 0 heterocycles. The zero-order valence-electron chi connectivity index (χ0n) is 13.6. The third kappa shape index (κ3) is 10.4. The van der Waals surface area contributed by atoms with Gasteiger partial charge < -0.3 is 15.4 Å². The summed E-state index contributed by atoms with van der Waals surface area (Å²) >= 11 is 5.86. The quantitative estimate of drug-likeness (QED) is 0.209. The van der Waals surface area contributed by atoms with Gasteiger partial charge in [0.2, 0.25) is 0 Å². The maximum absolute atomic E-state index is 11.0. The first kappa shape index (κ1) is 22.0. The SMILES string of the molecule is CN=C(NCCCCC(=O)OC)NCCc1ccc(Cl)cc1.I. The molecule has 0 aliphatic heterocycles. The van der Waals surface area contributed by atoms with Crippen LogP contribution >= 0.6 is 35.6 Å². The average Bonchev–Trinajstić information content (AvgIpc) is 2.54. The Morgan fingerprint density at radius 3 is 2.43 bits per heavy atom. The lowest BCUT2D eigenvalue weighted by atomic mass is 10.1. The predicted molar refractivity (Wildman–Crippen MR) is 106 cm³/mol. The van der Waals surface area contributed by atoms with Crippen LogP contribution in [0.15, 0.2) is 29.3 Å². The second kappa shape index (κ2) is 13.4. The second-order valence-electron chi connectivity index (χ2n) is 4.84. The molecule has 0 bridgehead atoms. The van der Waals surface area contributed by atoms with Crippen LogP contribution in [0.1, 0.15) is 24.8 Å². The Morgan fingerprint density at radius 2 is 1.83 bits per heavy atom. The number of ether oxygens (including phenoxy) is 1. The van der Waals surface area contributed by atoms with E-state index in [1.165, 1.54) is 12.7 Å². The number of rotatable bonds is 8. The molecule has 0 fully saturated rings. The van der Waals surface area contributed by atoms with Crippen LogP contribution in [0.3, 0.4) is 0 Å². The minimum atomic E-state index is -0.162. The molecule has 0 aromatic heterocycles. The van der Waals surface area contributed by atoms with Gasteiger partial charge in [-0.15, -0.1) is 24.0 Å². The molecule has 0 amide bonds. The Balaban J connectivity index is 0.00000484. The molecule has 0 radical (unpaired) electrons. The lowest BCUT2D eigenvalue weighted by Crippen LogP contribution is -2.38. The molecule has 0 spiro atoms. The van der Waals surface area contributed by atoms with Crippen molar-refractivity contribution in [1.29, 1.82) is 0 Å². The number of nitrogens with zero attached hydrogens (tertiary/aromatic N) is 1. The number of hydrogen-bond donors (Lipinski definition) is 2. The van der Waals surface area contributed by atoms with E-state index < -0.39 is 0 Å². The summed E-state index contributed by atoms with van der Waals surface area (Å²) < 4.78 is 4.60. The van der Waals surface area contributed by atoms with Gasteiger partial charge in [-0.05, 0) is 37.0 Å². The number of hydrogen-bond acceptors (Lipinski definition) is 3. The molecule has 7 heteroatoms. The molecule has 0 atom stereocenters. The van der Waals surface area contributed by atoms with Crippen LogP contribution in [0, 0.1) is 0 Å². The molecule has 0 saturated carbocycles. The zero-order chi connectivity index (χ0) is 16.2. The van der Waals surface area contributed by atoms with Crippen LogP contribution in [0.4, 0.5) is 0 Å². The average molecular weight is 454 g/mol. The number of esters is 1. The van der Waals surface area contributed by atoms with Gasteiger partial charge in [-0.25, -0.2) is 0 Å². The van der Waals surface area contributed by atoms with E-state index in [1.54, 1.807) is 7.05 Å². The largest absolute Gasteiger partial charge is 0.469 e. The van der Waals surface area contributed by atoms with Gasteiger partial charge in [0.05, 0.1) is 7.11 Å². The highest BCUT2D eigenvalue weighted by Gasteiger charge is 2.01. The molecular weight excluding hydrogens is 429 g/mol. The van der Waals surface area contributed by atoms with Crippen molar-refractivity contribution in [1.82, 2.24) is 10.6 Å². The molecule has 2 N–H and O–H groups in total. The van der Waals surface area contributed by atoms with Crippen molar-refractivity contribution in [3.05, 3.63) is 34.9 Å². The number of unbranched alkanes of at least 4 members (excludes halogenated alkanes) is 1. The Kier molecular flexibility index (Phi) is 12.8. The van der Waals surface area contributed by atoms with Gasteiger partial charge in [-0.3, -0.25) is 9.79 Å². The van der Waals surface area contributed by atoms with Crippen molar-refractivity contribution in [2.45, 2.75) is 25.7 Å². The number of carbonyl (C=O) groups excluding carboxylic acids is 1. The van der Waals surface area contributed by atoms with Crippen molar-refractivity contribution in [2.75, 3.05) is 27.2 Å². The minimum absolute atomic E-state index is 0. The predicted octanol–water partition coefficient (Wildman–Crippen LogP) is 3.01. The van der Waals surface area contributed by atoms with Crippen molar-refractivity contribution >= 4 is 47.5 Å². The van der Waals surface area contributed by atoms with E-state index >= 15 is 0 Å². The van der Waals surface area contributed by atoms with Gasteiger partial charge in [-0.2, -0.15) is 0 Å². The summed E-state index contributed by atoms with van der Waals surface area (Å²) in [4.78, 5) is 15.1. The molecular formula is C16H25ClIN3O2. The van der Waals surface area contributed by atoms with Crippen LogP contribution in [-0.4, -0.2) is 39.2 Å². The molecule has 0 aliphatic carbocycles. The number of carbonyl (C=O) groups is 1. The summed E-state index contributed by atoms with van der Waals surface area (Å²) in [6.45, 7) is 1.57. The van der Waals surface area contributed by atoms with Crippen molar-refractivity contribution in [3.63, 3.8) is 0 Å². The van der Waals surface area contributed by atoms with E-state index in [9.17, 15) is 4.79 Å². The standard InChI is InChI=1S/C16H24ClN3O2.HI/c1-18-16(19-11-4-3-5-15(21)22-2)20-12-10-13-6-8-14(17)9-7-13;/h6-9H,3-5,10-12H2,1-2H3,(H2,18,19,20);1H. The smallest absolute Gasteiger partial charge is 0.305 e. The van der Waals surface area contributed by atoms with E-state index in [0.717, 1.165) is 43.3 Å². The fraction of sp³-hybridized carbons (Fsp3) is 0.500. The van der Waals surface area contributed by atoms with E-state index in [2.05, 4.69) is 20.4 Å². The maximum atomic E-state index is 11.0. The molecule has 130 valence electrons. The molecule has 0 saturated heterocycles. The summed E-state index contributed by atoms with van der Waals surface area (Å²) in [5.74, 6) is 0.609. The summed E-state index contributed by atoms with van der Waals surface area (Å²) in [5, 5.41) is 7.23. The molecule has 23 heavy (non-hydrogen) atoms. The number of benzene rings is 1. The Hall–Kier alpha value is -1.02. The molecule has 1 aromatic rings. The lowest BCUT2D eigenvalue weighted by Gasteiger charge is -2.11. The van der Waals surface area contributed by atoms with Gasteiger partial charge in [-0.1, -0.05) is 23.7 Å². The molecule has 1 aromatic carbocycles. The normalized spacial score (nSPS) is 10.7. The van der Waals surface area contributed by atoms with Crippen LogP contribution in [-0.2, 0) is 16.0 Å². The first-order chi connectivity index (χ1) is 10.7. The Morgan fingerprint density at radius 1 is 1.17 bits per heavy atom. The molecule has 1 rings (SSSR count). The van der Waals surface area contributed by atoms with Crippen LogP contribution in [0.2, 0.25) is 5.02 Å². The fourth-order valence-corrected chi connectivity index (χ4v) is 2.03. The summed E-state index contributed by atoms with van der Waals surface area (Å²) in [6.07, 6.45) is 3.06. The minimum Gasteiger partial charge on any atom is -0.469 e. The third-order valence-electron chi connectivity index (χ3n) is 3.17. The number of halogens is 2. The van der Waals surface area contributed by atoms with Gasteiger partial charge in [0.25, 0.3) is 0 Å². The lowest BCUT2D eigenvalue weighted by molar-refractivity contribution is -0.140. The first-order valence-corrected chi connectivity index (χ1v) is 7.79. The molecule has 0 unspecified atom stereocenters. The Bertz CT molecular complexity index is 481. The topological polar surface area (TPSA) is 62.7 Å². The Labute approximate surface area is 160 Å². The highest BCUT2D eigenvalue weighted by molar-refractivity contribution is 14.0. The van der Waals surface area contributed by atoms with Crippen LogP contribution in [0.25, 0.3) is 0 Å². The molecule has 0 aliphatic rings. The molecule has 5 nitrogen and oxygen atoms in total. The van der Waals surface area contributed by atoms with Crippen LogP contribution < -0.4 is 10.6 Å². The van der Waals surface area contributed by atoms with E-state index in [1.807, 2.05) is 24.3 Å². The van der Waals surface area contributed by atoms with Gasteiger partial charge in [0.15, 0.2) is 5.96 Å². The van der Waals surface area contributed by atoms with Gasteiger partial charge in [0, 0.05) is 31.6 Å². The second-order valence-corrected chi connectivity index (χ2v) is 5.27.